The van der Waals surface area contributed by atoms with Crippen molar-refractivity contribution in [1.29, 1.82) is 0 Å². The van der Waals surface area contributed by atoms with Crippen LogP contribution in [0.25, 0.3) is 0 Å². The van der Waals surface area contributed by atoms with Crippen LogP contribution in [-0.2, 0) is 10.4 Å². The molecule has 6 nitrogen and oxygen atoms in total. The Balaban J connectivity index is -0.000000578. The van der Waals surface area contributed by atoms with E-state index >= 15 is 0 Å². The van der Waals surface area contributed by atoms with Crippen molar-refractivity contribution in [3.63, 3.8) is 0 Å². The first-order chi connectivity index (χ1) is 10.4. The van der Waals surface area contributed by atoms with Gasteiger partial charge in [-0.3, -0.25) is 9.11 Å². The molecule has 0 rings (SSSR count). The molecule has 23 heavy (non-hydrogen) atoms. The molecule has 6 N–H and O–H groups in total. The molecular weight excluding hydrogens is 318 g/mol. The van der Waals surface area contributed by atoms with E-state index in [4.69, 9.17) is 22.6 Å². The Morgan fingerprint density at radius 1 is 0.609 bits per heavy atom. The molecule has 0 bridgehead atoms. The first-order valence-electron chi connectivity index (χ1n) is 8.72. The molecule has 0 atom stereocenters. The fourth-order valence-corrected chi connectivity index (χ4v) is 2.31. The number of hydrogen-bond donors (Lipinski definition) is 4. The fraction of sp³-hybridized carbons (Fsp3) is 1.00. The van der Waals surface area contributed by atoms with Gasteiger partial charge in [-0.25, -0.2) is 0 Å². The lowest BCUT2D eigenvalue weighted by Crippen LogP contribution is -1.89. The second kappa shape index (κ2) is 21.8. The monoisotopic (exact) mass is 357 g/mol. The largest absolute Gasteiger partial charge is 0.396 e. The summed E-state index contributed by atoms with van der Waals surface area (Å²) in [6.07, 6.45) is 19.2. The lowest BCUT2D eigenvalue weighted by atomic mass is 10.0. The minimum Gasteiger partial charge on any atom is -0.396 e. The topological polar surface area (TPSA) is 130 Å². The SMILES string of the molecule is CCCCCCCCCCCCCCCCO.N.O=S(=O)(O)O. The average Bonchev–Trinajstić information content (AvgIpc) is 2.42. The number of aliphatic hydroxyl groups is 1. The van der Waals surface area contributed by atoms with Crippen LogP contribution in [0.3, 0.4) is 0 Å². The van der Waals surface area contributed by atoms with Gasteiger partial charge in [-0.15, -0.1) is 0 Å². The molecule has 144 valence electrons. The Labute approximate surface area is 143 Å². The summed E-state index contributed by atoms with van der Waals surface area (Å²) >= 11 is 0. The molecule has 0 aliphatic carbocycles. The zero-order valence-corrected chi connectivity index (χ0v) is 15.7. The summed E-state index contributed by atoms with van der Waals surface area (Å²) in [7, 11) is -4.67. The van der Waals surface area contributed by atoms with Gasteiger partial charge >= 0.3 is 10.4 Å². The van der Waals surface area contributed by atoms with Gasteiger partial charge in [0.05, 0.1) is 0 Å². The summed E-state index contributed by atoms with van der Waals surface area (Å²) in [5, 5.41) is 8.64. The highest BCUT2D eigenvalue weighted by atomic mass is 32.3. The number of aliphatic hydroxyl groups excluding tert-OH is 1. The molecule has 0 spiro atoms. The number of rotatable bonds is 14. The molecule has 0 amide bonds. The predicted molar refractivity (Wildman–Crippen MR) is 96.6 cm³/mol. The van der Waals surface area contributed by atoms with Gasteiger partial charge in [0, 0.05) is 6.61 Å². The third kappa shape index (κ3) is 44.9. The Kier molecular flexibility index (Phi) is 26.2. The quantitative estimate of drug-likeness (QED) is 0.256. The maximum absolute atomic E-state index is 8.74. The Hall–Kier alpha value is -0.210. The highest BCUT2D eigenvalue weighted by Gasteiger charge is 1.93. The van der Waals surface area contributed by atoms with Gasteiger partial charge < -0.3 is 11.3 Å². The second-order valence-corrected chi connectivity index (χ2v) is 6.66. The van der Waals surface area contributed by atoms with Crippen molar-refractivity contribution in [2.45, 2.75) is 96.8 Å². The zero-order valence-electron chi connectivity index (χ0n) is 14.9. The van der Waals surface area contributed by atoms with Crippen molar-refractivity contribution < 1.29 is 22.6 Å². The van der Waals surface area contributed by atoms with Crippen molar-refractivity contribution in [1.82, 2.24) is 6.15 Å². The minimum absolute atomic E-state index is 0. The third-order valence-corrected chi connectivity index (χ3v) is 3.51. The van der Waals surface area contributed by atoms with Crippen LogP contribution in [0, 0.1) is 0 Å². The smallest absolute Gasteiger partial charge is 0.394 e. The fourth-order valence-electron chi connectivity index (χ4n) is 2.31. The Morgan fingerprint density at radius 2 is 0.826 bits per heavy atom. The van der Waals surface area contributed by atoms with E-state index in [2.05, 4.69) is 6.92 Å². The van der Waals surface area contributed by atoms with E-state index < -0.39 is 10.4 Å². The summed E-state index contributed by atoms with van der Waals surface area (Å²) in [6.45, 7) is 2.65. The van der Waals surface area contributed by atoms with E-state index in [1.165, 1.54) is 83.5 Å². The van der Waals surface area contributed by atoms with E-state index in [1.54, 1.807) is 0 Å². The highest BCUT2D eigenvalue weighted by Crippen LogP contribution is 2.12. The standard InChI is InChI=1S/C16H34O.H3N.H2O4S/c1-2-3-4-5-6-7-8-9-10-11-12-13-14-15-16-17;;1-5(2,3)4/h17H,2-16H2,1H3;1H3;(H2,1,2,3,4). The van der Waals surface area contributed by atoms with Crippen molar-refractivity contribution >= 4 is 10.4 Å². The van der Waals surface area contributed by atoms with Gasteiger partial charge in [0.25, 0.3) is 0 Å². The summed E-state index contributed by atoms with van der Waals surface area (Å²) < 4.78 is 31.6. The van der Waals surface area contributed by atoms with Gasteiger partial charge in [0.2, 0.25) is 0 Å². The molecule has 0 unspecified atom stereocenters. The molecular formula is C16H39NO5S. The van der Waals surface area contributed by atoms with E-state index in [-0.39, 0.29) is 6.15 Å². The second-order valence-electron chi connectivity index (χ2n) is 5.77. The lowest BCUT2D eigenvalue weighted by molar-refractivity contribution is 0.282. The Bertz CT molecular complexity index is 275. The number of hydrogen-bond acceptors (Lipinski definition) is 4. The lowest BCUT2D eigenvalue weighted by Gasteiger charge is -2.02. The first kappa shape index (κ1) is 27.6. The van der Waals surface area contributed by atoms with E-state index in [9.17, 15) is 0 Å². The van der Waals surface area contributed by atoms with Crippen LogP contribution in [0.5, 0.6) is 0 Å². The van der Waals surface area contributed by atoms with Gasteiger partial charge in [-0.1, -0.05) is 90.4 Å². The van der Waals surface area contributed by atoms with Gasteiger partial charge in [-0.2, -0.15) is 8.42 Å². The van der Waals surface area contributed by atoms with E-state index in [0.717, 1.165) is 6.42 Å². The molecule has 0 radical (unpaired) electrons. The first-order valence-corrected chi connectivity index (χ1v) is 10.1. The van der Waals surface area contributed by atoms with Crippen LogP contribution in [0.2, 0.25) is 0 Å². The summed E-state index contributed by atoms with van der Waals surface area (Å²) in [5.74, 6) is 0. The zero-order chi connectivity index (χ0) is 17.1. The molecule has 0 saturated carbocycles. The summed E-state index contributed by atoms with van der Waals surface area (Å²) in [4.78, 5) is 0. The highest BCUT2D eigenvalue weighted by molar-refractivity contribution is 7.79. The van der Waals surface area contributed by atoms with Gasteiger partial charge in [0.1, 0.15) is 0 Å². The molecule has 0 saturated heterocycles. The van der Waals surface area contributed by atoms with Crippen molar-refractivity contribution in [3.8, 4) is 0 Å². The molecule has 0 fully saturated rings. The molecule has 0 aliphatic rings. The molecule has 0 aliphatic heterocycles. The van der Waals surface area contributed by atoms with E-state index in [1.807, 2.05) is 0 Å². The summed E-state index contributed by atoms with van der Waals surface area (Å²) in [5.41, 5.74) is 0. The van der Waals surface area contributed by atoms with Gasteiger partial charge in [-0.05, 0) is 6.42 Å². The Morgan fingerprint density at radius 3 is 1.04 bits per heavy atom. The molecule has 0 aromatic rings. The van der Waals surface area contributed by atoms with Gasteiger partial charge in [0.15, 0.2) is 0 Å². The summed E-state index contributed by atoms with van der Waals surface area (Å²) in [6, 6.07) is 0. The van der Waals surface area contributed by atoms with Crippen LogP contribution in [0.4, 0.5) is 0 Å². The maximum atomic E-state index is 8.74. The van der Waals surface area contributed by atoms with Crippen LogP contribution in [0.1, 0.15) is 96.8 Å². The molecule has 0 aromatic carbocycles. The van der Waals surface area contributed by atoms with Crippen LogP contribution in [-0.4, -0.2) is 29.2 Å². The molecule has 0 aromatic heterocycles. The predicted octanol–water partition coefficient (Wildman–Crippen LogP) is 4.97. The maximum Gasteiger partial charge on any atom is 0.394 e. The van der Waals surface area contributed by atoms with Crippen LogP contribution in [0.15, 0.2) is 0 Å². The minimum atomic E-state index is -4.67. The number of unbranched alkanes of at least 4 members (excludes halogenated alkanes) is 13. The van der Waals surface area contributed by atoms with Crippen molar-refractivity contribution in [2.75, 3.05) is 6.61 Å². The molecule has 0 heterocycles. The average molecular weight is 358 g/mol. The van der Waals surface area contributed by atoms with E-state index in [0.29, 0.717) is 6.61 Å². The normalized spacial score (nSPS) is 10.6. The van der Waals surface area contributed by atoms with Crippen molar-refractivity contribution in [3.05, 3.63) is 0 Å². The van der Waals surface area contributed by atoms with Crippen molar-refractivity contribution in [2.24, 2.45) is 0 Å². The van der Waals surface area contributed by atoms with Crippen LogP contribution >= 0.6 is 0 Å². The molecule has 7 heteroatoms. The van der Waals surface area contributed by atoms with Crippen LogP contribution < -0.4 is 6.15 Å². The third-order valence-electron chi connectivity index (χ3n) is 3.51.